The molecule has 2 heteroatoms. The van der Waals surface area contributed by atoms with Crippen LogP contribution in [0, 0.1) is 11.3 Å². The lowest BCUT2D eigenvalue weighted by Crippen LogP contribution is -2.54. The van der Waals surface area contributed by atoms with Crippen molar-refractivity contribution in [3.63, 3.8) is 0 Å². The van der Waals surface area contributed by atoms with Gasteiger partial charge in [0.05, 0.1) is 6.10 Å². The Balaban J connectivity index is 2.14. The Bertz CT molecular complexity index is 614. The fraction of sp³-hybridized carbons (Fsp3) is 0.650. The third kappa shape index (κ3) is 2.07. The molecular weight excluding hydrogens is 272 g/mol. The predicted molar refractivity (Wildman–Crippen MR) is 89.3 cm³/mol. The van der Waals surface area contributed by atoms with Gasteiger partial charge in [-0.3, -0.25) is 4.79 Å². The van der Waals surface area contributed by atoms with Gasteiger partial charge in [-0.25, -0.2) is 0 Å². The number of aliphatic hydroxyl groups is 1. The van der Waals surface area contributed by atoms with Crippen LogP contribution in [0.2, 0.25) is 0 Å². The minimum atomic E-state index is -0.310. The molecule has 0 unspecified atom stereocenters. The second-order valence-electron chi connectivity index (χ2n) is 8.43. The summed E-state index contributed by atoms with van der Waals surface area (Å²) in [4.78, 5) is 12.8. The van der Waals surface area contributed by atoms with Crippen LogP contribution in [0.5, 0.6) is 0 Å². The Morgan fingerprint density at radius 1 is 1.23 bits per heavy atom. The maximum atomic E-state index is 12.8. The lowest BCUT2D eigenvalue weighted by molar-refractivity contribution is -0.0687. The Morgan fingerprint density at radius 2 is 1.91 bits per heavy atom. The third-order valence-electron chi connectivity index (χ3n) is 6.48. The van der Waals surface area contributed by atoms with E-state index in [-0.39, 0.29) is 28.6 Å². The van der Waals surface area contributed by atoms with E-state index < -0.39 is 0 Å². The molecule has 2 nitrogen and oxygen atoms in total. The Kier molecular flexibility index (Phi) is 3.52. The summed E-state index contributed by atoms with van der Waals surface area (Å²) in [6.45, 7) is 10.9. The highest BCUT2D eigenvalue weighted by Crippen LogP contribution is 2.57. The number of benzene rings is 1. The van der Waals surface area contributed by atoms with Crippen molar-refractivity contribution in [2.75, 3.05) is 0 Å². The van der Waals surface area contributed by atoms with E-state index in [4.69, 9.17) is 0 Å². The van der Waals surface area contributed by atoms with Gasteiger partial charge in [0.2, 0.25) is 0 Å². The van der Waals surface area contributed by atoms with Gasteiger partial charge in [-0.15, -0.1) is 0 Å². The Labute approximate surface area is 133 Å². The van der Waals surface area contributed by atoms with Crippen LogP contribution in [0.15, 0.2) is 18.2 Å². The van der Waals surface area contributed by atoms with Gasteiger partial charge in [0, 0.05) is 12.0 Å². The van der Waals surface area contributed by atoms with Crippen LogP contribution in [0.25, 0.3) is 0 Å². The fourth-order valence-corrected chi connectivity index (χ4v) is 4.79. The van der Waals surface area contributed by atoms with Gasteiger partial charge in [-0.1, -0.05) is 46.8 Å². The summed E-state index contributed by atoms with van der Waals surface area (Å²) in [5.41, 5.74) is 3.16. The molecule has 0 radical (unpaired) electrons. The minimum absolute atomic E-state index is 0.00147. The summed E-state index contributed by atoms with van der Waals surface area (Å²) in [7, 11) is 0. The van der Waals surface area contributed by atoms with E-state index in [1.807, 2.05) is 0 Å². The summed E-state index contributed by atoms with van der Waals surface area (Å²) in [6.07, 6.45) is 2.04. The maximum Gasteiger partial charge on any atom is 0.163 e. The fourth-order valence-electron chi connectivity index (χ4n) is 4.79. The van der Waals surface area contributed by atoms with Crippen molar-refractivity contribution in [1.29, 1.82) is 0 Å². The average molecular weight is 300 g/mol. The first-order valence-electron chi connectivity index (χ1n) is 8.53. The molecular formula is C20H28O2. The predicted octanol–water partition coefficient (Wildman–Crippen LogP) is 4.45. The molecule has 0 aromatic heterocycles. The number of ketones is 1. The van der Waals surface area contributed by atoms with E-state index in [9.17, 15) is 9.90 Å². The summed E-state index contributed by atoms with van der Waals surface area (Å²) in [6, 6.07) is 6.48. The lowest BCUT2D eigenvalue weighted by atomic mass is 9.49. The Morgan fingerprint density at radius 3 is 2.55 bits per heavy atom. The first-order valence-corrected chi connectivity index (χ1v) is 8.53. The molecule has 2 aliphatic carbocycles. The minimum Gasteiger partial charge on any atom is -0.393 e. The van der Waals surface area contributed by atoms with E-state index in [1.54, 1.807) is 0 Å². The lowest BCUT2D eigenvalue weighted by Gasteiger charge is -2.55. The van der Waals surface area contributed by atoms with Crippen molar-refractivity contribution in [2.45, 2.75) is 71.3 Å². The van der Waals surface area contributed by atoms with Crippen molar-refractivity contribution in [2.24, 2.45) is 11.3 Å². The zero-order valence-electron chi connectivity index (χ0n) is 14.4. The van der Waals surface area contributed by atoms with Crippen LogP contribution in [-0.2, 0) is 5.41 Å². The molecule has 3 rings (SSSR count). The van der Waals surface area contributed by atoms with Gasteiger partial charge in [0.15, 0.2) is 5.78 Å². The number of hydrogen-bond donors (Lipinski definition) is 1. The van der Waals surface area contributed by atoms with Crippen LogP contribution in [0.3, 0.4) is 0 Å². The monoisotopic (exact) mass is 300 g/mol. The average Bonchev–Trinajstić information content (AvgIpc) is 2.46. The number of Topliss-reactive ketones (excluding diaryl/α,β-unsaturated/α-hetero) is 1. The molecule has 1 fully saturated rings. The molecule has 0 heterocycles. The number of hydrogen-bond acceptors (Lipinski definition) is 2. The van der Waals surface area contributed by atoms with Crippen molar-refractivity contribution in [3.05, 3.63) is 34.9 Å². The number of aliphatic hydroxyl groups excluding tert-OH is 1. The highest BCUT2D eigenvalue weighted by atomic mass is 16.3. The molecule has 22 heavy (non-hydrogen) atoms. The normalized spacial score (nSPS) is 33.5. The molecule has 120 valence electrons. The Hall–Kier alpha value is -1.15. The SMILES string of the molecule is CC(C)c1ccc2c(c1)C(=O)C[C@H]1C(C)(C)[C@@H](O)CC[C@]21C. The van der Waals surface area contributed by atoms with E-state index in [0.717, 1.165) is 18.4 Å². The second kappa shape index (κ2) is 4.92. The molecule has 0 amide bonds. The highest BCUT2D eigenvalue weighted by molar-refractivity contribution is 5.99. The van der Waals surface area contributed by atoms with Gasteiger partial charge in [-0.2, -0.15) is 0 Å². The van der Waals surface area contributed by atoms with Crippen molar-refractivity contribution in [1.82, 2.24) is 0 Å². The molecule has 0 aliphatic heterocycles. The molecule has 1 N–H and O–H groups in total. The first-order chi connectivity index (χ1) is 10.2. The topological polar surface area (TPSA) is 37.3 Å². The zero-order valence-corrected chi connectivity index (χ0v) is 14.4. The smallest absolute Gasteiger partial charge is 0.163 e. The van der Waals surface area contributed by atoms with Crippen LogP contribution >= 0.6 is 0 Å². The molecule has 0 spiro atoms. The molecule has 1 aromatic rings. The number of carbonyl (C=O) groups is 1. The van der Waals surface area contributed by atoms with Crippen molar-refractivity contribution in [3.8, 4) is 0 Å². The second-order valence-corrected chi connectivity index (χ2v) is 8.43. The zero-order chi connectivity index (χ0) is 16.3. The quantitative estimate of drug-likeness (QED) is 0.832. The maximum absolute atomic E-state index is 12.8. The number of carbonyl (C=O) groups excluding carboxylic acids is 1. The first kappa shape index (κ1) is 15.7. The summed E-state index contributed by atoms with van der Waals surface area (Å²) in [5, 5.41) is 10.4. The highest BCUT2D eigenvalue weighted by Gasteiger charge is 2.55. The van der Waals surface area contributed by atoms with Crippen LogP contribution in [0.4, 0.5) is 0 Å². The van der Waals surface area contributed by atoms with Gasteiger partial charge in [0.25, 0.3) is 0 Å². The molecule has 3 atom stereocenters. The third-order valence-corrected chi connectivity index (χ3v) is 6.48. The largest absolute Gasteiger partial charge is 0.393 e. The van der Waals surface area contributed by atoms with E-state index in [2.05, 4.69) is 52.8 Å². The molecule has 0 saturated heterocycles. The number of fused-ring (bicyclic) bond motifs is 3. The summed E-state index contributed by atoms with van der Waals surface area (Å²) >= 11 is 0. The van der Waals surface area contributed by atoms with E-state index in [1.165, 1.54) is 11.1 Å². The number of rotatable bonds is 1. The molecule has 1 saturated carbocycles. The van der Waals surface area contributed by atoms with Crippen molar-refractivity contribution >= 4 is 5.78 Å². The van der Waals surface area contributed by atoms with Crippen molar-refractivity contribution < 1.29 is 9.90 Å². The molecule has 0 bridgehead atoms. The van der Waals surface area contributed by atoms with Gasteiger partial charge in [0.1, 0.15) is 0 Å². The van der Waals surface area contributed by atoms with Crippen LogP contribution in [-0.4, -0.2) is 17.0 Å². The van der Waals surface area contributed by atoms with E-state index in [0.29, 0.717) is 12.3 Å². The molecule has 1 aromatic carbocycles. The van der Waals surface area contributed by atoms with Gasteiger partial charge in [-0.05, 0) is 52.7 Å². The summed E-state index contributed by atoms with van der Waals surface area (Å²) in [5.74, 6) is 0.907. The van der Waals surface area contributed by atoms with Gasteiger partial charge < -0.3 is 5.11 Å². The standard InChI is InChI=1S/C20H28O2/c1-12(2)13-6-7-15-14(10-13)16(21)11-17-19(3,4)18(22)8-9-20(15,17)5/h6-7,10,12,17-18,22H,8-9,11H2,1-5H3/t17-,18-,20+/m0/s1. The molecule has 2 aliphatic rings. The van der Waals surface area contributed by atoms with Crippen LogP contribution in [0.1, 0.15) is 81.3 Å². The van der Waals surface area contributed by atoms with E-state index >= 15 is 0 Å². The van der Waals surface area contributed by atoms with Crippen LogP contribution < -0.4 is 0 Å². The summed E-state index contributed by atoms with van der Waals surface area (Å²) < 4.78 is 0. The van der Waals surface area contributed by atoms with Gasteiger partial charge >= 0.3 is 0 Å².